The van der Waals surface area contributed by atoms with Gasteiger partial charge in [0.1, 0.15) is 0 Å². The summed E-state index contributed by atoms with van der Waals surface area (Å²) in [6, 6.07) is 15.0. The number of nitrogens with one attached hydrogen (secondary N) is 1. The number of hydrogen-bond donors (Lipinski definition) is 1. The maximum atomic E-state index is 15.0. The van der Waals surface area contributed by atoms with Crippen molar-refractivity contribution in [2.24, 2.45) is 7.05 Å². The third-order valence-corrected chi connectivity index (χ3v) is 4.15. The Bertz CT molecular complexity index is 890. The van der Waals surface area contributed by atoms with Crippen molar-refractivity contribution < 1.29 is 13.6 Å². The summed E-state index contributed by atoms with van der Waals surface area (Å²) in [5, 5.41) is 2.62. The SMILES string of the molecule is CC(=O)NC(CC(F)(F)c1nc2ccccc2n1C)c1ccccc1. The first kappa shape index (κ1) is 17.1. The van der Waals surface area contributed by atoms with Crippen LogP contribution in [0.1, 0.15) is 30.8 Å². The normalized spacial score (nSPS) is 13.0. The molecule has 3 aromatic rings. The maximum absolute atomic E-state index is 15.0. The van der Waals surface area contributed by atoms with Crippen molar-refractivity contribution in [2.45, 2.75) is 25.3 Å². The van der Waals surface area contributed by atoms with E-state index in [-0.39, 0.29) is 11.7 Å². The van der Waals surface area contributed by atoms with Crippen LogP contribution in [0.3, 0.4) is 0 Å². The standard InChI is InChI=1S/C19H19F2N3O/c1-13(25)22-16(14-8-4-3-5-9-14)12-19(20,21)18-23-15-10-6-7-11-17(15)24(18)2/h3-11,16H,12H2,1-2H3,(H,22,25). The average molecular weight is 343 g/mol. The van der Waals surface area contributed by atoms with Crippen molar-refractivity contribution in [2.75, 3.05) is 0 Å². The highest BCUT2D eigenvalue weighted by atomic mass is 19.3. The molecule has 1 amide bonds. The van der Waals surface area contributed by atoms with Gasteiger partial charge in [0.15, 0.2) is 5.82 Å². The number of amides is 1. The largest absolute Gasteiger partial charge is 0.349 e. The quantitative estimate of drug-likeness (QED) is 0.763. The van der Waals surface area contributed by atoms with Gasteiger partial charge in [-0.15, -0.1) is 0 Å². The zero-order chi connectivity index (χ0) is 18.0. The highest BCUT2D eigenvalue weighted by Gasteiger charge is 2.40. The molecule has 1 aromatic heterocycles. The molecule has 1 atom stereocenters. The van der Waals surface area contributed by atoms with Crippen molar-refractivity contribution in [1.29, 1.82) is 0 Å². The number of halogens is 2. The monoisotopic (exact) mass is 343 g/mol. The van der Waals surface area contributed by atoms with Gasteiger partial charge >= 0.3 is 5.92 Å². The van der Waals surface area contributed by atoms with E-state index in [2.05, 4.69) is 10.3 Å². The summed E-state index contributed by atoms with van der Waals surface area (Å²) in [5.41, 5.74) is 1.81. The summed E-state index contributed by atoms with van der Waals surface area (Å²) in [6.45, 7) is 1.32. The van der Waals surface area contributed by atoms with E-state index in [1.54, 1.807) is 61.6 Å². The lowest BCUT2D eigenvalue weighted by molar-refractivity contribution is -0.120. The molecule has 0 radical (unpaired) electrons. The van der Waals surface area contributed by atoms with E-state index in [0.29, 0.717) is 16.6 Å². The zero-order valence-corrected chi connectivity index (χ0v) is 14.0. The van der Waals surface area contributed by atoms with Crippen LogP contribution in [0.4, 0.5) is 8.78 Å². The average Bonchev–Trinajstić information content (AvgIpc) is 2.93. The predicted molar refractivity (Wildman–Crippen MR) is 92.2 cm³/mol. The molecule has 25 heavy (non-hydrogen) atoms. The summed E-state index contributed by atoms with van der Waals surface area (Å²) >= 11 is 0. The Morgan fingerprint density at radius 2 is 1.80 bits per heavy atom. The lowest BCUT2D eigenvalue weighted by Gasteiger charge is -2.24. The first-order valence-corrected chi connectivity index (χ1v) is 8.00. The molecule has 0 fully saturated rings. The number of aromatic nitrogens is 2. The number of carbonyl (C=O) groups excluding carboxylic acids is 1. The molecule has 0 aliphatic rings. The number of alkyl halides is 2. The van der Waals surface area contributed by atoms with Crippen LogP contribution < -0.4 is 5.32 Å². The predicted octanol–water partition coefficient (Wildman–Crippen LogP) is 3.93. The summed E-state index contributed by atoms with van der Waals surface area (Å²) in [6.07, 6.45) is -0.562. The molecule has 1 heterocycles. The van der Waals surface area contributed by atoms with E-state index < -0.39 is 18.4 Å². The Morgan fingerprint density at radius 1 is 1.16 bits per heavy atom. The number of para-hydroxylation sites is 2. The second kappa shape index (κ2) is 6.63. The zero-order valence-electron chi connectivity index (χ0n) is 14.0. The third kappa shape index (κ3) is 3.52. The minimum atomic E-state index is -3.20. The second-order valence-electron chi connectivity index (χ2n) is 6.06. The van der Waals surface area contributed by atoms with Gasteiger partial charge in [-0.05, 0) is 17.7 Å². The van der Waals surface area contributed by atoms with Crippen LogP contribution in [-0.4, -0.2) is 15.5 Å². The second-order valence-corrected chi connectivity index (χ2v) is 6.06. The molecule has 130 valence electrons. The smallest absolute Gasteiger partial charge is 0.307 e. The van der Waals surface area contributed by atoms with E-state index in [0.717, 1.165) is 0 Å². The first-order valence-electron chi connectivity index (χ1n) is 8.00. The molecule has 4 nitrogen and oxygen atoms in total. The van der Waals surface area contributed by atoms with Gasteiger partial charge in [-0.25, -0.2) is 4.98 Å². The van der Waals surface area contributed by atoms with Crippen molar-refractivity contribution >= 4 is 16.9 Å². The Labute approximate surface area is 144 Å². The lowest BCUT2D eigenvalue weighted by Crippen LogP contribution is -2.32. The van der Waals surface area contributed by atoms with E-state index in [9.17, 15) is 4.79 Å². The number of hydrogen-bond acceptors (Lipinski definition) is 2. The van der Waals surface area contributed by atoms with Crippen molar-refractivity contribution in [3.05, 3.63) is 66.0 Å². The Balaban J connectivity index is 1.96. The van der Waals surface area contributed by atoms with E-state index in [4.69, 9.17) is 0 Å². The van der Waals surface area contributed by atoms with Crippen molar-refractivity contribution in [3.8, 4) is 0 Å². The molecule has 6 heteroatoms. The van der Waals surface area contributed by atoms with Gasteiger partial charge in [0.2, 0.25) is 5.91 Å². The van der Waals surface area contributed by atoms with Crippen LogP contribution in [-0.2, 0) is 17.8 Å². The van der Waals surface area contributed by atoms with E-state index >= 15 is 8.78 Å². The number of imidazole rings is 1. The Kier molecular flexibility index (Phi) is 4.53. The van der Waals surface area contributed by atoms with Gasteiger partial charge in [-0.1, -0.05) is 42.5 Å². The lowest BCUT2D eigenvalue weighted by atomic mass is 9.99. The summed E-state index contributed by atoms with van der Waals surface area (Å²) in [5.74, 6) is -3.86. The van der Waals surface area contributed by atoms with Crippen molar-refractivity contribution in [1.82, 2.24) is 14.9 Å². The van der Waals surface area contributed by atoms with Crippen LogP contribution in [0, 0.1) is 0 Å². The van der Waals surface area contributed by atoms with Gasteiger partial charge < -0.3 is 9.88 Å². The number of carbonyl (C=O) groups is 1. The summed E-state index contributed by atoms with van der Waals surface area (Å²) < 4.78 is 31.4. The number of fused-ring (bicyclic) bond motifs is 1. The fourth-order valence-electron chi connectivity index (χ4n) is 3.00. The molecule has 2 aromatic carbocycles. The number of aryl methyl sites for hydroxylation is 1. The molecule has 0 saturated heterocycles. The van der Waals surface area contributed by atoms with Gasteiger partial charge in [-0.3, -0.25) is 4.79 Å². The molecule has 0 saturated carbocycles. The number of benzene rings is 2. The molecule has 0 bridgehead atoms. The molecule has 0 spiro atoms. The van der Waals surface area contributed by atoms with Crippen LogP contribution in [0.2, 0.25) is 0 Å². The highest BCUT2D eigenvalue weighted by molar-refractivity contribution is 5.76. The molecule has 1 N–H and O–H groups in total. The van der Waals surface area contributed by atoms with Gasteiger partial charge in [0.25, 0.3) is 0 Å². The van der Waals surface area contributed by atoms with E-state index in [1.807, 2.05) is 0 Å². The van der Waals surface area contributed by atoms with Gasteiger partial charge in [-0.2, -0.15) is 8.78 Å². The number of rotatable bonds is 5. The fraction of sp³-hybridized carbons (Fsp3) is 0.263. The molecule has 3 rings (SSSR count). The topological polar surface area (TPSA) is 46.9 Å². The molecule has 0 aliphatic carbocycles. The Hall–Kier alpha value is -2.76. The first-order chi connectivity index (χ1) is 11.9. The minimum absolute atomic E-state index is 0.306. The van der Waals surface area contributed by atoms with E-state index in [1.165, 1.54) is 11.5 Å². The maximum Gasteiger partial charge on any atom is 0.307 e. The number of nitrogens with zero attached hydrogens (tertiary/aromatic N) is 2. The van der Waals surface area contributed by atoms with Gasteiger partial charge in [0.05, 0.1) is 17.1 Å². The summed E-state index contributed by atoms with van der Waals surface area (Å²) in [4.78, 5) is 15.6. The van der Waals surface area contributed by atoms with Crippen LogP contribution in [0.15, 0.2) is 54.6 Å². The van der Waals surface area contributed by atoms with Crippen LogP contribution >= 0.6 is 0 Å². The molecular formula is C19H19F2N3O. The van der Waals surface area contributed by atoms with Crippen molar-refractivity contribution in [3.63, 3.8) is 0 Å². The van der Waals surface area contributed by atoms with Crippen LogP contribution in [0.25, 0.3) is 11.0 Å². The van der Waals surface area contributed by atoms with Gasteiger partial charge in [0, 0.05) is 20.4 Å². The molecule has 1 unspecified atom stereocenters. The third-order valence-electron chi connectivity index (χ3n) is 4.15. The Morgan fingerprint density at radius 3 is 2.44 bits per heavy atom. The highest BCUT2D eigenvalue weighted by Crippen LogP contribution is 2.37. The van der Waals surface area contributed by atoms with Crippen LogP contribution in [0.5, 0.6) is 0 Å². The fourth-order valence-corrected chi connectivity index (χ4v) is 3.00. The summed E-state index contributed by atoms with van der Waals surface area (Å²) in [7, 11) is 1.58. The molecular weight excluding hydrogens is 324 g/mol. The minimum Gasteiger partial charge on any atom is -0.349 e. The molecule has 0 aliphatic heterocycles.